The number of benzene rings is 1. The van der Waals surface area contributed by atoms with E-state index < -0.39 is 5.97 Å². The molecule has 0 radical (unpaired) electrons. The van der Waals surface area contributed by atoms with E-state index in [4.69, 9.17) is 16.7 Å². The number of rotatable bonds is 4. The van der Waals surface area contributed by atoms with Crippen LogP contribution in [0.15, 0.2) is 30.3 Å². The average molecular weight is 268 g/mol. The molecule has 2 rings (SSSR count). The van der Waals surface area contributed by atoms with Gasteiger partial charge < -0.3 is 5.11 Å². The molecule has 0 saturated carbocycles. The molecule has 0 aliphatic heterocycles. The van der Waals surface area contributed by atoms with Crippen LogP contribution in [0, 0.1) is 0 Å². The first kappa shape index (κ1) is 12.1. The number of carboxylic acid groups (broad SMARTS) is 1. The lowest BCUT2D eigenvalue weighted by atomic mass is 10.1. The number of carbonyl (C=O) groups is 1. The van der Waals surface area contributed by atoms with Gasteiger partial charge in [-0.3, -0.25) is 0 Å². The van der Waals surface area contributed by atoms with Crippen molar-refractivity contribution in [1.29, 1.82) is 0 Å². The zero-order chi connectivity index (χ0) is 12.3. The second-order valence-corrected chi connectivity index (χ2v) is 4.94. The molecule has 2 aromatic rings. The van der Waals surface area contributed by atoms with Gasteiger partial charge in [0.1, 0.15) is 0 Å². The van der Waals surface area contributed by atoms with Crippen molar-refractivity contribution in [3.63, 3.8) is 0 Å². The maximum atomic E-state index is 10.7. The molecule has 1 N–H and O–H groups in total. The topological polar surface area (TPSA) is 50.2 Å². The third-order valence-corrected chi connectivity index (χ3v) is 3.41. The van der Waals surface area contributed by atoms with Crippen LogP contribution in [-0.2, 0) is 12.8 Å². The predicted molar refractivity (Wildman–Crippen MR) is 67.9 cm³/mol. The molecule has 0 unspecified atom stereocenters. The van der Waals surface area contributed by atoms with Crippen molar-refractivity contribution in [2.75, 3.05) is 0 Å². The Morgan fingerprint density at radius 1 is 1.35 bits per heavy atom. The van der Waals surface area contributed by atoms with E-state index in [1.807, 2.05) is 24.3 Å². The molecular formula is C12H10ClNO2S. The van der Waals surface area contributed by atoms with Gasteiger partial charge in [-0.25, -0.2) is 4.79 Å². The van der Waals surface area contributed by atoms with Gasteiger partial charge in [-0.15, -0.1) is 0 Å². The van der Waals surface area contributed by atoms with Crippen molar-refractivity contribution in [2.24, 2.45) is 0 Å². The first-order valence-electron chi connectivity index (χ1n) is 5.08. The Hall–Kier alpha value is -1.39. The quantitative estimate of drug-likeness (QED) is 0.925. The highest BCUT2D eigenvalue weighted by Gasteiger charge is 2.08. The molecule has 0 saturated heterocycles. The van der Waals surface area contributed by atoms with Crippen LogP contribution in [0.5, 0.6) is 0 Å². The van der Waals surface area contributed by atoms with Gasteiger partial charge in [0.25, 0.3) is 0 Å². The summed E-state index contributed by atoms with van der Waals surface area (Å²) >= 11 is 7.12. The number of hydrogen-bond donors (Lipinski definition) is 1. The zero-order valence-corrected chi connectivity index (χ0v) is 10.5. The average Bonchev–Trinajstić information content (AvgIpc) is 2.75. The van der Waals surface area contributed by atoms with E-state index in [-0.39, 0.29) is 5.69 Å². The normalized spacial score (nSPS) is 10.4. The van der Waals surface area contributed by atoms with Gasteiger partial charge in [-0.05, 0) is 48.1 Å². The first-order valence-corrected chi connectivity index (χ1v) is 6.23. The maximum Gasteiger partial charge on any atom is 0.355 e. The number of aromatic carboxylic acids is 1. The molecule has 0 aliphatic carbocycles. The smallest absolute Gasteiger partial charge is 0.355 e. The Kier molecular flexibility index (Phi) is 3.76. The van der Waals surface area contributed by atoms with Crippen molar-refractivity contribution < 1.29 is 9.90 Å². The van der Waals surface area contributed by atoms with Crippen LogP contribution in [0.25, 0.3) is 0 Å². The number of carboxylic acids is 1. The first-order chi connectivity index (χ1) is 8.15. The van der Waals surface area contributed by atoms with Gasteiger partial charge in [0.2, 0.25) is 0 Å². The maximum absolute atomic E-state index is 10.7. The molecule has 1 aromatic heterocycles. The molecule has 1 aromatic carbocycles. The summed E-state index contributed by atoms with van der Waals surface area (Å²) in [6.07, 6.45) is 1.62. The molecule has 0 spiro atoms. The molecule has 17 heavy (non-hydrogen) atoms. The Labute approximate surface area is 108 Å². The number of hydrogen-bond acceptors (Lipinski definition) is 3. The van der Waals surface area contributed by atoms with E-state index in [1.165, 1.54) is 11.5 Å². The summed E-state index contributed by atoms with van der Waals surface area (Å²) in [4.78, 5) is 11.6. The van der Waals surface area contributed by atoms with Gasteiger partial charge in [-0.2, -0.15) is 4.37 Å². The van der Waals surface area contributed by atoms with E-state index in [1.54, 1.807) is 6.07 Å². The largest absolute Gasteiger partial charge is 0.476 e. The fourth-order valence-electron chi connectivity index (χ4n) is 1.49. The van der Waals surface area contributed by atoms with Crippen LogP contribution in [0.1, 0.15) is 20.9 Å². The van der Waals surface area contributed by atoms with Gasteiger partial charge in [-0.1, -0.05) is 23.7 Å². The Morgan fingerprint density at radius 3 is 2.82 bits per heavy atom. The molecule has 0 bridgehead atoms. The SMILES string of the molecule is O=C(O)c1cc(CCc2cccc(Cl)c2)sn1. The highest BCUT2D eigenvalue weighted by molar-refractivity contribution is 7.05. The van der Waals surface area contributed by atoms with Crippen molar-refractivity contribution in [3.05, 3.63) is 51.5 Å². The van der Waals surface area contributed by atoms with E-state index in [2.05, 4.69) is 4.37 Å². The molecule has 1 heterocycles. The van der Waals surface area contributed by atoms with Gasteiger partial charge in [0, 0.05) is 9.90 Å². The summed E-state index contributed by atoms with van der Waals surface area (Å²) in [7, 11) is 0. The molecule has 88 valence electrons. The summed E-state index contributed by atoms with van der Waals surface area (Å²) in [6, 6.07) is 9.29. The molecule has 0 aliphatic rings. The Bertz CT molecular complexity index is 539. The molecule has 0 atom stereocenters. The van der Waals surface area contributed by atoms with Crippen molar-refractivity contribution >= 4 is 29.1 Å². The molecule has 0 fully saturated rings. The van der Waals surface area contributed by atoms with Crippen LogP contribution in [0.2, 0.25) is 5.02 Å². The number of aromatic nitrogens is 1. The number of nitrogens with zero attached hydrogens (tertiary/aromatic N) is 1. The van der Waals surface area contributed by atoms with Gasteiger partial charge >= 0.3 is 5.97 Å². The number of aryl methyl sites for hydroxylation is 2. The highest BCUT2D eigenvalue weighted by atomic mass is 35.5. The second kappa shape index (κ2) is 5.29. The van der Waals surface area contributed by atoms with Crippen LogP contribution >= 0.6 is 23.1 Å². The Morgan fingerprint density at radius 2 is 2.18 bits per heavy atom. The fourth-order valence-corrected chi connectivity index (χ4v) is 2.41. The fraction of sp³-hybridized carbons (Fsp3) is 0.167. The van der Waals surface area contributed by atoms with Gasteiger partial charge in [0.15, 0.2) is 5.69 Å². The van der Waals surface area contributed by atoms with E-state index in [0.29, 0.717) is 0 Å². The molecule has 3 nitrogen and oxygen atoms in total. The molecule has 0 amide bonds. The monoisotopic (exact) mass is 267 g/mol. The van der Waals surface area contributed by atoms with Crippen LogP contribution in [0.3, 0.4) is 0 Å². The van der Waals surface area contributed by atoms with Gasteiger partial charge in [0.05, 0.1) is 0 Å². The lowest BCUT2D eigenvalue weighted by molar-refractivity contribution is 0.0692. The molecule has 5 heteroatoms. The standard InChI is InChI=1S/C12H10ClNO2S/c13-9-3-1-2-8(6-9)4-5-10-7-11(12(15)16)14-17-10/h1-3,6-7H,4-5H2,(H,15,16). The summed E-state index contributed by atoms with van der Waals surface area (Å²) in [5, 5.41) is 9.47. The van der Waals surface area contributed by atoms with E-state index in [9.17, 15) is 4.79 Å². The van der Waals surface area contributed by atoms with Crippen molar-refractivity contribution in [1.82, 2.24) is 4.37 Å². The minimum Gasteiger partial charge on any atom is -0.476 e. The summed E-state index contributed by atoms with van der Waals surface area (Å²) < 4.78 is 3.86. The van der Waals surface area contributed by atoms with Crippen molar-refractivity contribution in [3.8, 4) is 0 Å². The minimum absolute atomic E-state index is 0.121. The van der Waals surface area contributed by atoms with Crippen molar-refractivity contribution in [2.45, 2.75) is 12.8 Å². The summed E-state index contributed by atoms with van der Waals surface area (Å²) in [6.45, 7) is 0. The third kappa shape index (κ3) is 3.28. The Balaban J connectivity index is 2.00. The summed E-state index contributed by atoms with van der Waals surface area (Å²) in [5.41, 5.74) is 1.26. The third-order valence-electron chi connectivity index (χ3n) is 2.33. The van der Waals surface area contributed by atoms with Crippen LogP contribution in [0.4, 0.5) is 0 Å². The lowest BCUT2D eigenvalue weighted by Gasteiger charge is -1.99. The number of halogens is 1. The minimum atomic E-state index is -0.977. The predicted octanol–water partition coefficient (Wildman–Crippen LogP) is 3.28. The van der Waals surface area contributed by atoms with Crippen LogP contribution < -0.4 is 0 Å². The van der Waals surface area contributed by atoms with Crippen LogP contribution in [-0.4, -0.2) is 15.4 Å². The zero-order valence-electron chi connectivity index (χ0n) is 8.89. The van der Waals surface area contributed by atoms with E-state index in [0.717, 1.165) is 28.3 Å². The summed E-state index contributed by atoms with van der Waals surface area (Å²) in [5.74, 6) is -0.977. The highest BCUT2D eigenvalue weighted by Crippen LogP contribution is 2.16. The lowest BCUT2D eigenvalue weighted by Crippen LogP contribution is -1.95. The second-order valence-electron chi connectivity index (χ2n) is 3.61. The molecular weight excluding hydrogens is 258 g/mol. The van der Waals surface area contributed by atoms with E-state index >= 15 is 0 Å².